The molecule has 51 valence electrons. The molecule has 10 heavy (non-hydrogen) atoms. The second-order valence-electron chi connectivity index (χ2n) is 1.40. The van der Waals surface area contributed by atoms with E-state index in [0.29, 0.717) is 0 Å². The normalized spacial score (nSPS) is 14.5. The predicted octanol–water partition coefficient (Wildman–Crippen LogP) is 0.297. The number of benzene rings is 1. The summed E-state index contributed by atoms with van der Waals surface area (Å²) in [6, 6.07) is -2.25. The minimum absolute atomic E-state index is 0.232. The quantitative estimate of drug-likeness (QED) is 0.582. The third kappa shape index (κ3) is 1.42. The Balaban J connectivity index is 3.43. The highest BCUT2D eigenvalue weighted by Crippen LogP contribution is 2.23. The van der Waals surface area contributed by atoms with Crippen molar-refractivity contribution in [3.8, 4) is 11.5 Å². The zero-order valence-corrected chi connectivity index (χ0v) is 4.88. The van der Waals surface area contributed by atoms with Gasteiger partial charge >= 0.3 is 7.69 Å². The molecule has 0 aliphatic carbocycles. The van der Waals surface area contributed by atoms with Crippen LogP contribution in [0.5, 0.6) is 11.5 Å². The van der Waals surface area contributed by atoms with Gasteiger partial charge in [0.05, 0.1) is 5.48 Å². The lowest BCUT2D eigenvalue weighted by Crippen LogP contribution is -1.99. The van der Waals surface area contributed by atoms with Crippen LogP contribution in [0.25, 0.3) is 0 Å². The van der Waals surface area contributed by atoms with Crippen LogP contribution in [-0.4, -0.2) is 17.8 Å². The predicted molar refractivity (Wildman–Crippen MR) is 36.7 cm³/mol. The average molecular weight is 141 g/mol. The van der Waals surface area contributed by atoms with Gasteiger partial charge in [0.25, 0.3) is 0 Å². The fraction of sp³-hybridized carbons (Fsp3) is 0. The Labute approximate surface area is 64.8 Å². The van der Waals surface area contributed by atoms with Crippen LogP contribution in [0.1, 0.15) is 5.48 Å². The maximum Gasteiger partial charge on any atom is 0.569 e. The summed E-state index contributed by atoms with van der Waals surface area (Å²) in [6.07, 6.45) is 0. The maximum atomic E-state index is 9.25. The van der Waals surface area contributed by atoms with Gasteiger partial charge in [-0.3, -0.25) is 0 Å². The summed E-state index contributed by atoms with van der Waals surface area (Å²) >= 11 is 0. The molecule has 1 radical (unpaired) electrons. The van der Waals surface area contributed by atoms with Gasteiger partial charge in [0, 0.05) is 0 Å². The lowest BCUT2D eigenvalue weighted by molar-refractivity contribution is 0.410. The first-order chi connectivity index (χ1) is 6.50. The van der Waals surface area contributed by atoms with Gasteiger partial charge in [-0.25, -0.2) is 0 Å². The summed E-state index contributed by atoms with van der Waals surface area (Å²) in [4.78, 5) is 0. The molecule has 0 fully saturated rings. The highest BCUT2D eigenvalue weighted by molar-refractivity contribution is 6.17. The fourth-order valence-corrected chi connectivity index (χ4v) is 0.432. The van der Waals surface area contributed by atoms with Gasteiger partial charge in [0.1, 0.15) is 5.75 Å². The Morgan fingerprint density at radius 1 is 1.50 bits per heavy atom. The van der Waals surface area contributed by atoms with Crippen LogP contribution in [0.2, 0.25) is 0 Å². The van der Waals surface area contributed by atoms with Crippen LogP contribution < -0.4 is 4.65 Å². The first-order valence-electron chi connectivity index (χ1n) is 4.42. The number of phenols is 1. The van der Waals surface area contributed by atoms with Crippen molar-refractivity contribution in [2.75, 3.05) is 0 Å². The molecular formula is C6H6BO3. The summed E-state index contributed by atoms with van der Waals surface area (Å²) in [5.41, 5.74) is 0. The molecule has 0 unspecified atom stereocenters. The summed E-state index contributed by atoms with van der Waals surface area (Å²) in [5.74, 6) is -1.24. The Morgan fingerprint density at radius 2 is 2.20 bits per heavy atom. The van der Waals surface area contributed by atoms with Crippen LogP contribution in [0.4, 0.5) is 0 Å². The van der Waals surface area contributed by atoms with Crippen molar-refractivity contribution < 1.29 is 20.3 Å². The van der Waals surface area contributed by atoms with E-state index in [2.05, 4.69) is 4.65 Å². The third-order valence-electron chi connectivity index (χ3n) is 0.805. The van der Waals surface area contributed by atoms with Crippen molar-refractivity contribution in [1.29, 1.82) is 0 Å². The fourth-order valence-electron chi connectivity index (χ4n) is 0.432. The topological polar surface area (TPSA) is 49.7 Å². The van der Waals surface area contributed by atoms with Crippen LogP contribution in [-0.2, 0) is 0 Å². The van der Waals surface area contributed by atoms with E-state index in [0.717, 1.165) is 0 Å². The highest BCUT2D eigenvalue weighted by Gasteiger charge is 1.98. The SMILES string of the molecule is [2H]c1c([2H])c([2H])c(O[B]O)c(O)c1[2H]. The van der Waals surface area contributed by atoms with E-state index in [9.17, 15) is 5.11 Å². The van der Waals surface area contributed by atoms with Crippen molar-refractivity contribution in [2.45, 2.75) is 0 Å². The van der Waals surface area contributed by atoms with Crippen LogP contribution in [0.3, 0.4) is 0 Å². The second-order valence-corrected chi connectivity index (χ2v) is 1.40. The molecular weight excluding hydrogens is 131 g/mol. The van der Waals surface area contributed by atoms with Gasteiger partial charge in [-0.2, -0.15) is 0 Å². The van der Waals surface area contributed by atoms with Gasteiger partial charge in [-0.05, 0) is 12.1 Å². The Kier molecular flexibility index (Phi) is 1.03. The molecule has 0 spiro atoms. The van der Waals surface area contributed by atoms with Gasteiger partial charge in [0.15, 0.2) is 5.75 Å². The van der Waals surface area contributed by atoms with E-state index < -0.39 is 35.7 Å². The van der Waals surface area contributed by atoms with Crippen LogP contribution in [0.15, 0.2) is 24.2 Å². The van der Waals surface area contributed by atoms with E-state index >= 15 is 0 Å². The molecule has 0 atom stereocenters. The first kappa shape index (κ1) is 3.30. The number of rotatable bonds is 2. The van der Waals surface area contributed by atoms with Gasteiger partial charge in [-0.1, -0.05) is 12.1 Å². The van der Waals surface area contributed by atoms with E-state index in [1.807, 2.05) is 0 Å². The van der Waals surface area contributed by atoms with Gasteiger partial charge < -0.3 is 14.8 Å². The Morgan fingerprint density at radius 3 is 2.90 bits per heavy atom. The molecule has 0 bridgehead atoms. The van der Waals surface area contributed by atoms with E-state index in [4.69, 9.17) is 10.5 Å². The Hall–Kier alpha value is -1.16. The first-order valence-corrected chi connectivity index (χ1v) is 2.42. The van der Waals surface area contributed by atoms with Crippen molar-refractivity contribution >= 4 is 7.69 Å². The summed E-state index contributed by atoms with van der Waals surface area (Å²) in [6.45, 7) is 0. The number of hydrogen-bond donors (Lipinski definition) is 2. The lowest BCUT2D eigenvalue weighted by Gasteiger charge is -2.01. The molecule has 0 aromatic heterocycles. The van der Waals surface area contributed by atoms with E-state index in [1.54, 1.807) is 0 Å². The molecule has 0 saturated carbocycles. The van der Waals surface area contributed by atoms with Crippen LogP contribution >= 0.6 is 0 Å². The van der Waals surface area contributed by atoms with Crippen molar-refractivity contribution in [3.05, 3.63) is 24.2 Å². The lowest BCUT2D eigenvalue weighted by atomic mass is 10.3. The molecule has 3 nitrogen and oxygen atoms in total. The molecule has 1 aromatic rings. The molecule has 0 amide bonds. The molecule has 2 N–H and O–H groups in total. The van der Waals surface area contributed by atoms with Crippen molar-refractivity contribution in [3.63, 3.8) is 0 Å². The standard InChI is InChI=1S/C6H6BO3/c8-5-3-1-2-4-6(5)10-7-9/h1-4,8-9H/i1D,2D,3D,4D. The average Bonchev–Trinajstić information content (AvgIpc) is 2.19. The largest absolute Gasteiger partial charge is 0.569 e. The Bertz CT molecular complexity index is 342. The molecule has 0 heterocycles. The van der Waals surface area contributed by atoms with Gasteiger partial charge in [0.2, 0.25) is 0 Å². The van der Waals surface area contributed by atoms with E-state index in [1.165, 1.54) is 0 Å². The summed E-state index contributed by atoms with van der Waals surface area (Å²) in [5, 5.41) is 17.6. The monoisotopic (exact) mass is 141 g/mol. The number of phenolic OH excluding ortho intramolecular Hbond substituents is 1. The molecule has 4 heteroatoms. The van der Waals surface area contributed by atoms with Crippen molar-refractivity contribution in [1.82, 2.24) is 0 Å². The molecule has 0 aliphatic rings. The smallest absolute Gasteiger partial charge is 0.535 e. The van der Waals surface area contributed by atoms with E-state index in [-0.39, 0.29) is 7.69 Å². The minimum Gasteiger partial charge on any atom is -0.535 e. The molecule has 0 aliphatic heterocycles. The van der Waals surface area contributed by atoms with Crippen LogP contribution in [0, 0.1) is 0 Å². The maximum absolute atomic E-state index is 9.25. The second kappa shape index (κ2) is 3.13. The zero-order valence-electron chi connectivity index (χ0n) is 8.88. The molecule has 0 saturated heterocycles. The number of para-hydroxylation sites is 2. The summed E-state index contributed by atoms with van der Waals surface area (Å²) < 4.78 is 33.2. The third-order valence-corrected chi connectivity index (χ3v) is 0.805. The number of hydrogen-bond acceptors (Lipinski definition) is 3. The zero-order chi connectivity index (χ0) is 10.9. The highest BCUT2D eigenvalue weighted by atomic mass is 16.5. The molecule has 1 rings (SSSR count). The number of aromatic hydroxyl groups is 1. The van der Waals surface area contributed by atoms with Gasteiger partial charge in [-0.15, -0.1) is 0 Å². The van der Waals surface area contributed by atoms with Crippen molar-refractivity contribution in [2.24, 2.45) is 0 Å². The molecule has 1 aromatic carbocycles. The summed E-state index contributed by atoms with van der Waals surface area (Å²) in [7, 11) is 0.232. The minimum atomic E-state index is -0.735.